The highest BCUT2D eigenvalue weighted by molar-refractivity contribution is 7.98. The lowest BCUT2D eigenvalue weighted by Crippen LogP contribution is -1.81. The summed E-state index contributed by atoms with van der Waals surface area (Å²) in [7, 11) is 0. The summed E-state index contributed by atoms with van der Waals surface area (Å²) in [5.74, 6) is 0.932. The van der Waals surface area contributed by atoms with Crippen molar-refractivity contribution in [1.29, 1.82) is 0 Å². The Kier molecular flexibility index (Phi) is 4.19. The second kappa shape index (κ2) is 6.25. The number of hydrogen-bond acceptors (Lipinski definition) is 3. The predicted octanol–water partition coefficient (Wildman–Crippen LogP) is 5.41. The number of thioether (sulfide) groups is 1. The molecule has 0 amide bonds. The molecule has 0 aliphatic rings. The molecule has 0 saturated heterocycles. The van der Waals surface area contributed by atoms with E-state index < -0.39 is 0 Å². The molecule has 0 atom stereocenters. The largest absolute Gasteiger partial charge is 0.240 e. The van der Waals surface area contributed by atoms with Gasteiger partial charge in [0.2, 0.25) is 0 Å². The summed E-state index contributed by atoms with van der Waals surface area (Å²) in [4.78, 5) is 6.02. The zero-order valence-electron chi connectivity index (χ0n) is 11.2. The minimum Gasteiger partial charge on any atom is -0.240 e. The third-order valence-corrected chi connectivity index (χ3v) is 5.01. The zero-order valence-corrected chi connectivity index (χ0v) is 12.9. The monoisotopic (exact) mass is 297 g/mol. The highest BCUT2D eigenvalue weighted by atomic mass is 32.2. The highest BCUT2D eigenvalue weighted by Gasteiger charge is 2.05. The average molecular weight is 297 g/mol. The minimum absolute atomic E-state index is 0.932. The molecule has 0 spiro atoms. The Balaban J connectivity index is 1.69. The molecule has 3 heteroatoms. The first-order valence-electron chi connectivity index (χ1n) is 6.50. The van der Waals surface area contributed by atoms with Crippen molar-refractivity contribution >= 4 is 23.1 Å². The van der Waals surface area contributed by atoms with Gasteiger partial charge >= 0.3 is 0 Å². The van der Waals surface area contributed by atoms with Crippen molar-refractivity contribution < 1.29 is 0 Å². The van der Waals surface area contributed by atoms with Crippen molar-refractivity contribution in [2.24, 2.45) is 0 Å². The Morgan fingerprint density at radius 2 is 1.90 bits per heavy atom. The van der Waals surface area contributed by atoms with Gasteiger partial charge in [-0.05, 0) is 19.1 Å². The fraction of sp³-hybridized carbons (Fsp3) is 0.118. The third-order valence-electron chi connectivity index (χ3n) is 2.97. The van der Waals surface area contributed by atoms with E-state index in [9.17, 15) is 0 Å². The lowest BCUT2D eigenvalue weighted by Gasteiger charge is -2.00. The smallest absolute Gasteiger partial charge is 0.104 e. The van der Waals surface area contributed by atoms with Crippen molar-refractivity contribution in [3.05, 3.63) is 70.5 Å². The van der Waals surface area contributed by atoms with E-state index in [0.717, 1.165) is 11.4 Å². The number of rotatable bonds is 4. The van der Waals surface area contributed by atoms with Crippen molar-refractivity contribution in [2.75, 3.05) is 0 Å². The molecular formula is C17H15NS2. The molecule has 0 fully saturated rings. The molecule has 100 valence electrons. The molecule has 1 heterocycles. The van der Waals surface area contributed by atoms with E-state index in [4.69, 9.17) is 4.98 Å². The molecule has 0 aliphatic carbocycles. The molecule has 0 unspecified atom stereocenters. The van der Waals surface area contributed by atoms with Gasteiger partial charge in [-0.25, -0.2) is 4.98 Å². The molecule has 0 radical (unpaired) electrons. The first kappa shape index (κ1) is 13.4. The molecule has 20 heavy (non-hydrogen) atoms. The van der Waals surface area contributed by atoms with E-state index in [1.807, 2.05) is 17.8 Å². The number of aryl methyl sites for hydroxylation is 1. The number of benzene rings is 2. The summed E-state index contributed by atoms with van der Waals surface area (Å²) in [5, 5.41) is 3.32. The van der Waals surface area contributed by atoms with E-state index in [-0.39, 0.29) is 0 Å². The summed E-state index contributed by atoms with van der Waals surface area (Å²) in [6.45, 7) is 2.13. The van der Waals surface area contributed by atoms with Crippen LogP contribution in [0.3, 0.4) is 0 Å². The van der Waals surface area contributed by atoms with Gasteiger partial charge in [-0.1, -0.05) is 48.0 Å². The maximum atomic E-state index is 4.72. The molecular weight excluding hydrogens is 282 g/mol. The van der Waals surface area contributed by atoms with Gasteiger partial charge in [0.05, 0.1) is 11.4 Å². The van der Waals surface area contributed by atoms with Crippen LogP contribution in [0.4, 0.5) is 0 Å². The van der Waals surface area contributed by atoms with Crippen LogP contribution in [0.15, 0.2) is 64.9 Å². The average Bonchev–Trinajstić information content (AvgIpc) is 2.95. The lowest BCUT2D eigenvalue weighted by molar-refractivity contribution is 1.26. The predicted molar refractivity (Wildman–Crippen MR) is 88.3 cm³/mol. The fourth-order valence-electron chi connectivity index (χ4n) is 1.97. The van der Waals surface area contributed by atoms with E-state index >= 15 is 0 Å². The van der Waals surface area contributed by atoms with E-state index in [2.05, 4.69) is 60.8 Å². The zero-order chi connectivity index (χ0) is 13.8. The van der Waals surface area contributed by atoms with Crippen molar-refractivity contribution in [1.82, 2.24) is 4.98 Å². The van der Waals surface area contributed by atoms with Crippen molar-refractivity contribution in [3.8, 4) is 11.3 Å². The van der Waals surface area contributed by atoms with E-state index in [1.165, 1.54) is 21.0 Å². The maximum Gasteiger partial charge on any atom is 0.104 e. The molecule has 1 aromatic heterocycles. The standard InChI is InChI=1S/C17H15NS2/c1-13-6-5-9-15(10-13)19-12-17-18-16(11-20-17)14-7-3-2-4-8-14/h2-11H,12H2,1H3. The first-order valence-corrected chi connectivity index (χ1v) is 8.37. The molecule has 0 bridgehead atoms. The van der Waals surface area contributed by atoms with Crippen molar-refractivity contribution in [3.63, 3.8) is 0 Å². The van der Waals surface area contributed by atoms with Gasteiger partial charge in [-0.3, -0.25) is 0 Å². The summed E-state index contributed by atoms with van der Waals surface area (Å²) in [6, 6.07) is 18.9. The number of thiazole rings is 1. The van der Waals surface area contributed by atoms with Crippen LogP contribution in [0, 0.1) is 6.92 Å². The SMILES string of the molecule is Cc1cccc(SCc2nc(-c3ccccc3)cs2)c1. The lowest BCUT2D eigenvalue weighted by atomic mass is 10.2. The molecule has 3 rings (SSSR count). The van der Waals surface area contributed by atoms with Crippen LogP contribution in [-0.2, 0) is 5.75 Å². The van der Waals surface area contributed by atoms with Gasteiger partial charge in [0.15, 0.2) is 0 Å². The van der Waals surface area contributed by atoms with Crippen LogP contribution in [0.25, 0.3) is 11.3 Å². The van der Waals surface area contributed by atoms with Crippen LogP contribution in [0.5, 0.6) is 0 Å². The number of hydrogen-bond donors (Lipinski definition) is 0. The quantitative estimate of drug-likeness (QED) is 0.597. The molecule has 1 nitrogen and oxygen atoms in total. The van der Waals surface area contributed by atoms with Crippen molar-refractivity contribution in [2.45, 2.75) is 17.6 Å². The maximum absolute atomic E-state index is 4.72. The third kappa shape index (κ3) is 3.30. The molecule has 3 aromatic rings. The van der Waals surface area contributed by atoms with Gasteiger partial charge in [-0.15, -0.1) is 23.1 Å². The summed E-state index contributed by atoms with van der Waals surface area (Å²) < 4.78 is 0. The van der Waals surface area contributed by atoms with Crippen LogP contribution in [-0.4, -0.2) is 4.98 Å². The molecule has 0 saturated carbocycles. The van der Waals surface area contributed by atoms with E-state index in [1.54, 1.807) is 11.3 Å². The Hall–Kier alpha value is -1.58. The Bertz CT molecular complexity index is 689. The molecule has 2 aromatic carbocycles. The van der Waals surface area contributed by atoms with Gasteiger partial charge in [0.25, 0.3) is 0 Å². The van der Waals surface area contributed by atoms with Crippen LogP contribution in [0.1, 0.15) is 10.6 Å². The second-order valence-corrected chi connectivity index (χ2v) is 6.59. The Morgan fingerprint density at radius 1 is 1.05 bits per heavy atom. The summed E-state index contributed by atoms with van der Waals surface area (Å²) >= 11 is 3.58. The molecule has 0 N–H and O–H groups in total. The van der Waals surface area contributed by atoms with Crippen LogP contribution < -0.4 is 0 Å². The highest BCUT2D eigenvalue weighted by Crippen LogP contribution is 2.27. The Morgan fingerprint density at radius 3 is 2.70 bits per heavy atom. The number of nitrogens with zero attached hydrogens (tertiary/aromatic N) is 1. The molecule has 0 aliphatic heterocycles. The number of aromatic nitrogens is 1. The summed E-state index contributed by atoms with van der Waals surface area (Å²) in [5.41, 5.74) is 3.57. The fourth-order valence-corrected chi connectivity index (χ4v) is 3.80. The topological polar surface area (TPSA) is 12.9 Å². The van der Waals surface area contributed by atoms with Crippen LogP contribution >= 0.6 is 23.1 Å². The van der Waals surface area contributed by atoms with Gasteiger partial charge in [0, 0.05) is 15.8 Å². The normalized spacial score (nSPS) is 10.7. The van der Waals surface area contributed by atoms with Gasteiger partial charge in [0.1, 0.15) is 5.01 Å². The Labute approximate surface area is 127 Å². The summed E-state index contributed by atoms with van der Waals surface area (Å²) in [6.07, 6.45) is 0. The second-order valence-electron chi connectivity index (χ2n) is 4.60. The van der Waals surface area contributed by atoms with Gasteiger partial charge in [-0.2, -0.15) is 0 Å². The minimum atomic E-state index is 0.932. The van der Waals surface area contributed by atoms with Gasteiger partial charge < -0.3 is 0 Å². The van der Waals surface area contributed by atoms with Crippen LogP contribution in [0.2, 0.25) is 0 Å². The first-order chi connectivity index (χ1) is 9.81. The van der Waals surface area contributed by atoms with E-state index in [0.29, 0.717) is 0 Å².